The normalized spacial score (nSPS) is 14.6. The fourth-order valence-electron chi connectivity index (χ4n) is 2.15. The first-order valence-electron chi connectivity index (χ1n) is 5.59. The van der Waals surface area contributed by atoms with Crippen LogP contribution in [0.1, 0.15) is 11.3 Å². The third-order valence-corrected chi connectivity index (χ3v) is 3.70. The van der Waals surface area contributed by atoms with E-state index in [0.717, 1.165) is 41.2 Å². The molecule has 0 saturated carbocycles. The van der Waals surface area contributed by atoms with Crippen molar-refractivity contribution in [3.8, 4) is 5.69 Å². The smallest absolute Gasteiger partial charge is 0.130 e. The molecular weight excluding hydrogens is 280 g/mol. The van der Waals surface area contributed by atoms with Crippen LogP contribution in [0.4, 0.5) is 5.82 Å². The molecule has 0 spiro atoms. The lowest BCUT2D eigenvalue weighted by Gasteiger charge is -2.10. The van der Waals surface area contributed by atoms with E-state index < -0.39 is 0 Å². The molecule has 3 rings (SSSR count). The van der Waals surface area contributed by atoms with Crippen molar-refractivity contribution < 1.29 is 0 Å². The van der Waals surface area contributed by atoms with Crippen molar-refractivity contribution in [1.82, 2.24) is 15.1 Å². The molecule has 0 unspecified atom stereocenters. The Balaban J connectivity index is 2.16. The van der Waals surface area contributed by atoms with Gasteiger partial charge < -0.3 is 11.1 Å². The van der Waals surface area contributed by atoms with Gasteiger partial charge in [0.1, 0.15) is 5.82 Å². The Kier molecular flexibility index (Phi) is 2.64. The quantitative estimate of drug-likeness (QED) is 0.844. The van der Waals surface area contributed by atoms with Gasteiger partial charge in [0, 0.05) is 16.6 Å². The lowest BCUT2D eigenvalue weighted by atomic mass is 10.1. The van der Waals surface area contributed by atoms with Crippen molar-refractivity contribution in [2.45, 2.75) is 13.0 Å². The van der Waals surface area contributed by atoms with Gasteiger partial charge in [0.2, 0.25) is 0 Å². The fourth-order valence-corrected chi connectivity index (χ4v) is 2.61. The van der Waals surface area contributed by atoms with Gasteiger partial charge >= 0.3 is 0 Å². The Morgan fingerprint density at radius 1 is 1.35 bits per heavy atom. The molecular formula is C12H13BrN4. The minimum atomic E-state index is 0.758. The Hall–Kier alpha value is -1.33. The minimum Gasteiger partial charge on any atom is -0.383 e. The Bertz CT molecular complexity index is 562. The molecule has 0 saturated heterocycles. The van der Waals surface area contributed by atoms with Crippen molar-refractivity contribution >= 4 is 21.7 Å². The predicted octanol–water partition coefficient (Wildman–Crippen LogP) is 1.86. The Labute approximate surface area is 108 Å². The van der Waals surface area contributed by atoms with Gasteiger partial charge in [-0.15, -0.1) is 0 Å². The summed E-state index contributed by atoms with van der Waals surface area (Å²) in [6.45, 7) is 1.77. The molecule has 2 aromatic rings. The molecule has 17 heavy (non-hydrogen) atoms. The number of hydrogen-bond donors (Lipinski definition) is 2. The monoisotopic (exact) mass is 292 g/mol. The standard InChI is InChI=1S/C12H13BrN4/c13-9-3-1-2-4-11(9)17-12(14)8-5-6-15-7-10(8)16-17/h1-4,15H,5-7,14H2. The van der Waals surface area contributed by atoms with Crippen LogP contribution in [0, 0.1) is 0 Å². The van der Waals surface area contributed by atoms with Crippen LogP contribution in [0.15, 0.2) is 28.7 Å². The van der Waals surface area contributed by atoms with Crippen LogP contribution in [0.2, 0.25) is 0 Å². The molecule has 3 N–H and O–H groups in total. The van der Waals surface area contributed by atoms with Crippen LogP contribution in [-0.4, -0.2) is 16.3 Å². The van der Waals surface area contributed by atoms with Gasteiger partial charge in [0.05, 0.1) is 11.4 Å². The van der Waals surface area contributed by atoms with Crippen molar-refractivity contribution in [3.63, 3.8) is 0 Å². The van der Waals surface area contributed by atoms with Gasteiger partial charge in [-0.25, -0.2) is 4.68 Å². The van der Waals surface area contributed by atoms with Gasteiger partial charge in [-0.1, -0.05) is 12.1 Å². The first-order chi connectivity index (χ1) is 8.27. The van der Waals surface area contributed by atoms with E-state index in [4.69, 9.17) is 5.73 Å². The van der Waals surface area contributed by atoms with E-state index in [0.29, 0.717) is 0 Å². The number of benzene rings is 1. The average molecular weight is 293 g/mol. The van der Waals surface area contributed by atoms with Crippen molar-refractivity contribution in [3.05, 3.63) is 40.0 Å². The van der Waals surface area contributed by atoms with Crippen LogP contribution in [0.3, 0.4) is 0 Å². The molecule has 1 aromatic carbocycles. The predicted molar refractivity (Wildman–Crippen MR) is 71.1 cm³/mol. The number of nitrogens with zero attached hydrogens (tertiary/aromatic N) is 2. The highest BCUT2D eigenvalue weighted by molar-refractivity contribution is 9.10. The van der Waals surface area contributed by atoms with E-state index in [1.54, 1.807) is 0 Å². The number of nitrogens with one attached hydrogen (secondary N) is 1. The zero-order valence-electron chi connectivity index (χ0n) is 9.28. The SMILES string of the molecule is Nc1c2c(nn1-c1ccccc1Br)CNCC2. The second kappa shape index (κ2) is 4.16. The van der Waals surface area contributed by atoms with E-state index in [2.05, 4.69) is 26.3 Å². The third-order valence-electron chi connectivity index (χ3n) is 3.03. The number of halogens is 1. The fraction of sp³-hybridized carbons (Fsp3) is 0.250. The molecule has 0 atom stereocenters. The maximum Gasteiger partial charge on any atom is 0.130 e. The van der Waals surface area contributed by atoms with E-state index in [9.17, 15) is 0 Å². The summed E-state index contributed by atoms with van der Waals surface area (Å²) in [5.74, 6) is 0.758. The molecule has 0 aliphatic carbocycles. The molecule has 0 bridgehead atoms. The van der Waals surface area contributed by atoms with Crippen LogP contribution in [0.25, 0.3) is 5.69 Å². The number of para-hydroxylation sites is 1. The lowest BCUT2D eigenvalue weighted by Crippen LogP contribution is -2.23. The molecule has 4 nitrogen and oxygen atoms in total. The molecule has 1 aromatic heterocycles. The number of fused-ring (bicyclic) bond motifs is 1. The minimum absolute atomic E-state index is 0.758. The molecule has 88 valence electrons. The number of hydrogen-bond acceptors (Lipinski definition) is 3. The highest BCUT2D eigenvalue weighted by Crippen LogP contribution is 2.27. The maximum atomic E-state index is 6.18. The van der Waals surface area contributed by atoms with E-state index in [1.165, 1.54) is 5.56 Å². The van der Waals surface area contributed by atoms with E-state index in [1.807, 2.05) is 28.9 Å². The first-order valence-corrected chi connectivity index (χ1v) is 6.38. The summed E-state index contributed by atoms with van der Waals surface area (Å²) < 4.78 is 2.82. The maximum absolute atomic E-state index is 6.18. The zero-order chi connectivity index (χ0) is 11.8. The summed E-state index contributed by atoms with van der Waals surface area (Å²) in [4.78, 5) is 0. The molecule has 1 aliphatic rings. The molecule has 0 radical (unpaired) electrons. The van der Waals surface area contributed by atoms with Crippen LogP contribution < -0.4 is 11.1 Å². The number of aromatic nitrogens is 2. The average Bonchev–Trinajstić information content (AvgIpc) is 2.68. The Morgan fingerprint density at radius 3 is 2.94 bits per heavy atom. The molecule has 0 fully saturated rings. The second-order valence-corrected chi connectivity index (χ2v) is 4.95. The van der Waals surface area contributed by atoms with E-state index >= 15 is 0 Å². The zero-order valence-corrected chi connectivity index (χ0v) is 10.9. The summed E-state index contributed by atoms with van der Waals surface area (Å²) in [5, 5.41) is 7.89. The number of nitrogens with two attached hydrogens (primary N) is 1. The van der Waals surface area contributed by atoms with Crippen molar-refractivity contribution in [1.29, 1.82) is 0 Å². The van der Waals surface area contributed by atoms with Crippen LogP contribution in [0.5, 0.6) is 0 Å². The summed E-state index contributed by atoms with van der Waals surface area (Å²) in [6, 6.07) is 7.97. The highest BCUT2D eigenvalue weighted by atomic mass is 79.9. The van der Waals surface area contributed by atoms with Gasteiger partial charge in [-0.2, -0.15) is 5.10 Å². The first kappa shape index (κ1) is 10.8. The summed E-state index contributed by atoms with van der Waals surface area (Å²) >= 11 is 3.53. The third kappa shape index (κ3) is 1.75. The number of anilines is 1. The van der Waals surface area contributed by atoms with Gasteiger partial charge in [-0.3, -0.25) is 0 Å². The summed E-state index contributed by atoms with van der Waals surface area (Å²) in [6.07, 6.45) is 0.950. The molecule has 1 aliphatic heterocycles. The van der Waals surface area contributed by atoms with Gasteiger partial charge in [0.15, 0.2) is 0 Å². The summed E-state index contributed by atoms with van der Waals surface area (Å²) in [5.41, 5.74) is 9.40. The lowest BCUT2D eigenvalue weighted by molar-refractivity contribution is 0.629. The second-order valence-electron chi connectivity index (χ2n) is 4.10. The van der Waals surface area contributed by atoms with Gasteiger partial charge in [0.25, 0.3) is 0 Å². The molecule has 5 heteroatoms. The Morgan fingerprint density at radius 2 is 2.18 bits per heavy atom. The summed E-state index contributed by atoms with van der Waals surface area (Å²) in [7, 11) is 0. The van der Waals surface area contributed by atoms with Crippen molar-refractivity contribution in [2.75, 3.05) is 12.3 Å². The molecule has 2 heterocycles. The molecule has 0 amide bonds. The van der Waals surface area contributed by atoms with Crippen molar-refractivity contribution in [2.24, 2.45) is 0 Å². The van der Waals surface area contributed by atoms with Gasteiger partial charge in [-0.05, 0) is 41.0 Å². The van der Waals surface area contributed by atoms with E-state index in [-0.39, 0.29) is 0 Å². The number of nitrogen functional groups attached to an aromatic ring is 1. The largest absolute Gasteiger partial charge is 0.383 e. The number of rotatable bonds is 1. The topological polar surface area (TPSA) is 55.9 Å². The highest BCUT2D eigenvalue weighted by Gasteiger charge is 2.19. The van der Waals surface area contributed by atoms with Crippen LogP contribution >= 0.6 is 15.9 Å². The van der Waals surface area contributed by atoms with Crippen LogP contribution in [-0.2, 0) is 13.0 Å².